The number of anilines is 1. The van der Waals surface area contributed by atoms with Gasteiger partial charge < -0.3 is 19.4 Å². The van der Waals surface area contributed by atoms with Gasteiger partial charge in [-0.3, -0.25) is 9.59 Å². The quantitative estimate of drug-likeness (QED) is 0.530. The highest BCUT2D eigenvalue weighted by Crippen LogP contribution is 2.28. The minimum Gasteiger partial charge on any atom is -0.451 e. The lowest BCUT2D eigenvalue weighted by molar-refractivity contribution is -0.131. The first-order valence-electron chi connectivity index (χ1n) is 10.6. The fourth-order valence-electron chi connectivity index (χ4n) is 3.41. The van der Waals surface area contributed by atoms with E-state index >= 15 is 0 Å². The summed E-state index contributed by atoms with van der Waals surface area (Å²) in [7, 11) is 0. The van der Waals surface area contributed by atoms with Crippen molar-refractivity contribution in [2.75, 3.05) is 5.32 Å². The molecule has 0 aliphatic heterocycles. The Kier molecular flexibility index (Phi) is 7.13. The van der Waals surface area contributed by atoms with Gasteiger partial charge in [-0.1, -0.05) is 30.3 Å². The van der Waals surface area contributed by atoms with E-state index in [9.17, 15) is 9.59 Å². The van der Waals surface area contributed by atoms with Gasteiger partial charge in [0.05, 0.1) is 12.7 Å². The maximum Gasteiger partial charge on any atom is 0.291 e. The predicted molar refractivity (Wildman–Crippen MR) is 122 cm³/mol. The number of amides is 2. The van der Waals surface area contributed by atoms with Crippen LogP contribution in [0.15, 0.2) is 52.9 Å². The first kappa shape index (κ1) is 22.6. The van der Waals surface area contributed by atoms with E-state index in [4.69, 9.17) is 9.15 Å². The van der Waals surface area contributed by atoms with E-state index in [2.05, 4.69) is 5.32 Å². The van der Waals surface area contributed by atoms with Crippen LogP contribution in [0, 0.1) is 0 Å². The van der Waals surface area contributed by atoms with Gasteiger partial charge in [-0.05, 0) is 51.5 Å². The van der Waals surface area contributed by atoms with Crippen LogP contribution in [0.2, 0.25) is 0 Å². The molecule has 6 heteroatoms. The Morgan fingerprint density at radius 1 is 1.03 bits per heavy atom. The molecule has 3 aromatic rings. The van der Waals surface area contributed by atoms with Crippen molar-refractivity contribution in [3.8, 4) is 0 Å². The van der Waals surface area contributed by atoms with E-state index in [0.29, 0.717) is 24.4 Å². The molecule has 0 aliphatic carbocycles. The zero-order valence-corrected chi connectivity index (χ0v) is 18.8. The molecular formula is C25H30N2O4. The Morgan fingerprint density at radius 3 is 2.32 bits per heavy atom. The molecule has 1 aromatic heterocycles. The van der Waals surface area contributed by atoms with Crippen molar-refractivity contribution in [2.45, 2.75) is 59.9 Å². The van der Waals surface area contributed by atoms with Crippen molar-refractivity contribution >= 4 is 28.5 Å². The summed E-state index contributed by atoms with van der Waals surface area (Å²) in [5, 5.41) is 3.78. The average molecular weight is 423 g/mol. The molecule has 1 heterocycles. The summed E-state index contributed by atoms with van der Waals surface area (Å²) in [6.07, 6.45) is 0.0394. The molecule has 0 atom stereocenters. The van der Waals surface area contributed by atoms with Gasteiger partial charge in [0.2, 0.25) is 5.91 Å². The Morgan fingerprint density at radius 2 is 1.71 bits per heavy atom. The van der Waals surface area contributed by atoms with Gasteiger partial charge in [-0.25, -0.2) is 0 Å². The summed E-state index contributed by atoms with van der Waals surface area (Å²) in [5.74, 6) is -0.0271. The minimum atomic E-state index is -0.321. The van der Waals surface area contributed by atoms with Crippen molar-refractivity contribution in [3.63, 3.8) is 0 Å². The maximum absolute atomic E-state index is 13.0. The summed E-state index contributed by atoms with van der Waals surface area (Å²) in [5.41, 5.74) is 3.05. The van der Waals surface area contributed by atoms with Crippen molar-refractivity contribution < 1.29 is 18.7 Å². The van der Waals surface area contributed by atoms with Crippen LogP contribution in [0.5, 0.6) is 0 Å². The van der Waals surface area contributed by atoms with Gasteiger partial charge in [-0.15, -0.1) is 0 Å². The van der Waals surface area contributed by atoms with Gasteiger partial charge in [0.15, 0.2) is 5.76 Å². The smallest absolute Gasteiger partial charge is 0.291 e. The molecule has 2 amide bonds. The maximum atomic E-state index is 13.0. The largest absolute Gasteiger partial charge is 0.451 e. The zero-order chi connectivity index (χ0) is 22.5. The monoisotopic (exact) mass is 422 g/mol. The third kappa shape index (κ3) is 5.52. The molecule has 0 unspecified atom stereocenters. The molecule has 0 bridgehead atoms. The predicted octanol–water partition coefficient (Wildman–Crippen LogP) is 5.37. The Balaban J connectivity index is 1.78. The number of ether oxygens (including phenoxy) is 1. The van der Waals surface area contributed by atoms with Gasteiger partial charge in [0.25, 0.3) is 5.91 Å². The summed E-state index contributed by atoms with van der Waals surface area (Å²) in [6.45, 7) is 10.3. The van der Waals surface area contributed by atoms with Crippen LogP contribution in [-0.2, 0) is 22.7 Å². The number of nitrogens with zero attached hydrogens (tertiary/aromatic N) is 1. The zero-order valence-electron chi connectivity index (χ0n) is 18.8. The summed E-state index contributed by atoms with van der Waals surface area (Å²) in [6, 6.07) is 15.2. The number of furan rings is 1. The third-order valence-corrected chi connectivity index (χ3v) is 5.06. The van der Waals surface area contributed by atoms with Crippen molar-refractivity contribution in [1.82, 2.24) is 4.90 Å². The van der Waals surface area contributed by atoms with Gasteiger partial charge in [0.1, 0.15) is 5.58 Å². The van der Waals surface area contributed by atoms with Crippen LogP contribution in [0.1, 0.15) is 56.3 Å². The Bertz CT molecular complexity index is 1050. The third-order valence-electron chi connectivity index (χ3n) is 5.06. The van der Waals surface area contributed by atoms with E-state index in [1.54, 1.807) is 11.8 Å². The van der Waals surface area contributed by atoms with Crippen LogP contribution >= 0.6 is 0 Å². The molecule has 0 radical (unpaired) electrons. The highest BCUT2D eigenvalue weighted by molar-refractivity contribution is 6.06. The average Bonchev–Trinajstić information content (AvgIpc) is 3.10. The first-order valence-corrected chi connectivity index (χ1v) is 10.6. The summed E-state index contributed by atoms with van der Waals surface area (Å²) >= 11 is 0. The fraction of sp³-hybridized carbons (Fsp3) is 0.360. The second-order valence-electron chi connectivity index (χ2n) is 8.16. The molecular weight excluding hydrogens is 392 g/mol. The van der Waals surface area contributed by atoms with Crippen molar-refractivity contribution in [1.29, 1.82) is 0 Å². The highest BCUT2D eigenvalue weighted by Gasteiger charge is 2.21. The molecule has 2 aromatic carbocycles. The number of fused-ring (bicyclic) bond motifs is 1. The second kappa shape index (κ2) is 9.79. The van der Waals surface area contributed by atoms with Gasteiger partial charge in [0, 0.05) is 36.1 Å². The van der Waals surface area contributed by atoms with E-state index in [-0.39, 0.29) is 29.7 Å². The number of hydrogen-bond acceptors (Lipinski definition) is 4. The number of rotatable bonds is 8. The molecule has 0 aliphatic rings. The molecule has 0 saturated heterocycles. The van der Waals surface area contributed by atoms with Crippen molar-refractivity contribution in [2.24, 2.45) is 0 Å². The van der Waals surface area contributed by atoms with E-state index in [0.717, 1.165) is 16.5 Å². The molecule has 0 saturated carbocycles. The molecule has 0 spiro atoms. The lowest BCUT2D eigenvalue weighted by Crippen LogP contribution is -2.34. The summed E-state index contributed by atoms with van der Waals surface area (Å²) in [4.78, 5) is 26.6. The van der Waals surface area contributed by atoms with E-state index in [1.807, 2.05) is 76.2 Å². The fourth-order valence-corrected chi connectivity index (χ4v) is 3.41. The normalized spacial score (nSPS) is 11.3. The van der Waals surface area contributed by atoms with Gasteiger partial charge >= 0.3 is 0 Å². The number of carbonyl (C=O) groups excluding carboxylic acids is 2. The number of para-hydroxylation sites is 1. The first-order chi connectivity index (χ1) is 14.8. The van der Waals surface area contributed by atoms with E-state index in [1.165, 1.54) is 0 Å². The Hall–Kier alpha value is -3.12. The van der Waals surface area contributed by atoms with Crippen LogP contribution in [0.25, 0.3) is 11.0 Å². The van der Waals surface area contributed by atoms with Crippen LogP contribution in [0.4, 0.5) is 5.69 Å². The molecule has 3 rings (SSSR count). The topological polar surface area (TPSA) is 71.8 Å². The summed E-state index contributed by atoms with van der Waals surface area (Å²) < 4.78 is 11.6. The van der Waals surface area contributed by atoms with Crippen LogP contribution in [0.3, 0.4) is 0 Å². The van der Waals surface area contributed by atoms with E-state index < -0.39 is 0 Å². The minimum absolute atomic E-state index is 0.0356. The molecule has 0 fully saturated rings. The van der Waals surface area contributed by atoms with Crippen LogP contribution in [-0.4, -0.2) is 28.9 Å². The standard InChI is InChI=1S/C25H30N2O4/c1-16(2)27(18(5)28)14-19-10-12-20(13-11-19)26-25(29)24-22(15-30-17(3)4)21-8-6-7-9-23(21)31-24/h6-13,16-17H,14-15H2,1-5H3,(H,26,29). The molecule has 31 heavy (non-hydrogen) atoms. The molecule has 1 N–H and O–H groups in total. The van der Waals surface area contributed by atoms with Crippen molar-refractivity contribution in [3.05, 3.63) is 65.4 Å². The molecule has 164 valence electrons. The highest BCUT2D eigenvalue weighted by atomic mass is 16.5. The second-order valence-corrected chi connectivity index (χ2v) is 8.16. The van der Waals surface area contributed by atoms with Crippen LogP contribution < -0.4 is 5.32 Å². The SMILES string of the molecule is CC(=O)N(Cc1ccc(NC(=O)c2oc3ccccc3c2COC(C)C)cc1)C(C)C. The lowest BCUT2D eigenvalue weighted by Gasteiger charge is -2.25. The number of nitrogens with one attached hydrogen (secondary N) is 1. The Labute approximate surface area is 183 Å². The lowest BCUT2D eigenvalue weighted by atomic mass is 10.1. The molecule has 6 nitrogen and oxygen atoms in total. The number of hydrogen-bond donors (Lipinski definition) is 1. The van der Waals surface area contributed by atoms with Gasteiger partial charge in [-0.2, -0.15) is 0 Å². The number of carbonyl (C=O) groups is 2. The number of benzene rings is 2.